The fraction of sp³-hybridized carbons (Fsp3) is 0.667. The first-order valence-electron chi connectivity index (χ1n) is 4.07. The molecule has 0 aromatic carbocycles. The average molecular weight is 230 g/mol. The van der Waals surface area contributed by atoms with Crippen molar-refractivity contribution in [2.24, 2.45) is 0 Å². The molecule has 12 heavy (non-hydrogen) atoms. The Hall–Kier alpha value is -0.490. The van der Waals surface area contributed by atoms with E-state index >= 15 is 0 Å². The van der Waals surface area contributed by atoms with E-state index in [2.05, 4.69) is 34.7 Å². The van der Waals surface area contributed by atoms with Crippen LogP contribution in [0.15, 0.2) is 0 Å². The Labute approximate surface area is 81.4 Å². The highest BCUT2D eigenvalue weighted by atomic mass is 79.9. The minimum Gasteiger partial charge on any atom is -0.329 e. The van der Waals surface area contributed by atoms with Gasteiger partial charge in [-0.1, -0.05) is 27.8 Å². The van der Waals surface area contributed by atoms with Crippen molar-refractivity contribution in [2.45, 2.75) is 25.8 Å². The Kier molecular flexibility index (Phi) is 3.61. The van der Waals surface area contributed by atoms with Crippen molar-refractivity contribution in [2.75, 3.05) is 11.9 Å². The fourth-order valence-electron chi connectivity index (χ4n) is 1.31. The Balaban J connectivity index is 2.44. The molecular formula is C9H12BrNO. The maximum Gasteiger partial charge on any atom is 0.223 e. The molecule has 3 heteroatoms. The summed E-state index contributed by atoms with van der Waals surface area (Å²) in [6.07, 6.45) is 1.67. The van der Waals surface area contributed by atoms with E-state index in [1.165, 1.54) is 0 Å². The summed E-state index contributed by atoms with van der Waals surface area (Å²) in [4.78, 5) is 13.1. The molecule has 1 saturated heterocycles. The van der Waals surface area contributed by atoms with Gasteiger partial charge in [-0.25, -0.2) is 0 Å². The summed E-state index contributed by atoms with van der Waals surface area (Å²) >= 11 is 3.21. The van der Waals surface area contributed by atoms with E-state index in [1.54, 1.807) is 0 Å². The zero-order valence-electron chi connectivity index (χ0n) is 7.14. The molecule has 0 aliphatic carbocycles. The van der Waals surface area contributed by atoms with Gasteiger partial charge < -0.3 is 4.90 Å². The van der Waals surface area contributed by atoms with E-state index in [-0.39, 0.29) is 5.91 Å². The lowest BCUT2D eigenvalue weighted by atomic mass is 10.2. The number of hydrogen-bond donors (Lipinski definition) is 0. The van der Waals surface area contributed by atoms with Gasteiger partial charge in [0.1, 0.15) is 0 Å². The average Bonchev–Trinajstić information content (AvgIpc) is 2.35. The highest BCUT2D eigenvalue weighted by molar-refractivity contribution is 9.09. The molecule has 1 aliphatic heterocycles. The van der Waals surface area contributed by atoms with Gasteiger partial charge >= 0.3 is 0 Å². The van der Waals surface area contributed by atoms with Crippen molar-refractivity contribution in [3.63, 3.8) is 0 Å². The van der Waals surface area contributed by atoms with E-state index in [1.807, 2.05) is 4.90 Å². The first kappa shape index (κ1) is 9.60. The summed E-state index contributed by atoms with van der Waals surface area (Å²) < 4.78 is 0. The lowest BCUT2D eigenvalue weighted by Gasteiger charge is -2.17. The molecule has 1 atom stereocenters. The highest BCUT2D eigenvalue weighted by Gasteiger charge is 2.25. The van der Waals surface area contributed by atoms with Gasteiger partial charge in [0.2, 0.25) is 5.91 Å². The van der Waals surface area contributed by atoms with E-state index in [0.717, 1.165) is 6.42 Å². The summed E-state index contributed by atoms with van der Waals surface area (Å²) in [5.74, 6) is 6.08. The quantitative estimate of drug-likeness (QED) is 0.492. The number of carbonyl (C=O) groups excluding carboxylic acids is 1. The summed E-state index contributed by atoms with van der Waals surface area (Å²) in [7, 11) is 0. The van der Waals surface area contributed by atoms with Crippen LogP contribution in [0.1, 0.15) is 19.8 Å². The number of nitrogens with zero attached hydrogens (tertiary/aromatic N) is 1. The number of rotatable bonds is 1. The molecule has 0 aromatic heterocycles. The van der Waals surface area contributed by atoms with Crippen molar-refractivity contribution in [1.82, 2.24) is 4.90 Å². The largest absolute Gasteiger partial charge is 0.329 e. The predicted octanol–water partition coefficient (Wildman–Crippen LogP) is 1.40. The molecule has 0 bridgehead atoms. The molecular weight excluding hydrogens is 218 g/mol. The molecule has 0 spiro atoms. The molecule has 2 nitrogen and oxygen atoms in total. The molecule has 1 rings (SSSR count). The summed E-state index contributed by atoms with van der Waals surface area (Å²) in [5, 5.41) is 0.684. The number of carbonyl (C=O) groups is 1. The third kappa shape index (κ3) is 2.25. The predicted molar refractivity (Wildman–Crippen MR) is 52.0 cm³/mol. The van der Waals surface area contributed by atoms with Crippen LogP contribution in [0.5, 0.6) is 0 Å². The zero-order valence-corrected chi connectivity index (χ0v) is 8.73. The molecule has 66 valence electrons. The number of hydrogen-bond acceptors (Lipinski definition) is 1. The molecule has 1 fully saturated rings. The van der Waals surface area contributed by atoms with Crippen LogP contribution in [0.3, 0.4) is 0 Å². The molecule has 1 heterocycles. The first-order chi connectivity index (χ1) is 5.75. The van der Waals surface area contributed by atoms with Gasteiger partial charge in [0.25, 0.3) is 0 Å². The van der Waals surface area contributed by atoms with Crippen molar-refractivity contribution >= 4 is 21.8 Å². The zero-order chi connectivity index (χ0) is 8.97. The van der Waals surface area contributed by atoms with Crippen molar-refractivity contribution in [1.29, 1.82) is 0 Å². The third-order valence-electron chi connectivity index (χ3n) is 2.07. The molecule has 0 N–H and O–H groups in total. The Bertz CT molecular complexity index is 228. The maximum atomic E-state index is 11.2. The van der Waals surface area contributed by atoms with Crippen LogP contribution in [0, 0.1) is 11.8 Å². The van der Waals surface area contributed by atoms with E-state index in [0.29, 0.717) is 24.3 Å². The third-order valence-corrected chi connectivity index (χ3v) is 2.35. The molecule has 0 radical (unpaired) electrons. The SMILES string of the molecule is CC1CCC(=O)N1CC#CCBr. The van der Waals surface area contributed by atoms with Gasteiger partial charge in [-0.3, -0.25) is 4.79 Å². The van der Waals surface area contributed by atoms with Gasteiger partial charge in [-0.15, -0.1) is 0 Å². The normalized spacial score (nSPS) is 22.3. The van der Waals surface area contributed by atoms with E-state index in [9.17, 15) is 4.79 Å². The molecule has 0 aromatic rings. The second-order valence-electron chi connectivity index (χ2n) is 2.90. The minimum absolute atomic E-state index is 0.242. The second-order valence-corrected chi connectivity index (χ2v) is 3.46. The van der Waals surface area contributed by atoms with Gasteiger partial charge in [0, 0.05) is 12.5 Å². The fourth-order valence-corrected chi connectivity index (χ4v) is 1.51. The Morgan fingerprint density at radius 3 is 2.92 bits per heavy atom. The number of likely N-dealkylation sites (tertiary alicyclic amines) is 1. The van der Waals surface area contributed by atoms with Crippen LogP contribution < -0.4 is 0 Å². The molecule has 1 aliphatic rings. The van der Waals surface area contributed by atoms with Crippen molar-refractivity contribution in [3.8, 4) is 11.8 Å². The van der Waals surface area contributed by atoms with Crippen LogP contribution in [0.4, 0.5) is 0 Å². The second kappa shape index (κ2) is 4.51. The van der Waals surface area contributed by atoms with Gasteiger partial charge in [0.15, 0.2) is 0 Å². The van der Waals surface area contributed by atoms with Gasteiger partial charge in [-0.05, 0) is 13.3 Å². The van der Waals surface area contributed by atoms with Crippen molar-refractivity contribution < 1.29 is 4.79 Å². The van der Waals surface area contributed by atoms with Gasteiger partial charge in [0.05, 0.1) is 11.9 Å². The van der Waals surface area contributed by atoms with Crippen LogP contribution in [0.2, 0.25) is 0 Å². The van der Waals surface area contributed by atoms with Gasteiger partial charge in [-0.2, -0.15) is 0 Å². The van der Waals surface area contributed by atoms with Crippen molar-refractivity contribution in [3.05, 3.63) is 0 Å². The summed E-state index contributed by atoms with van der Waals surface area (Å²) in [6, 6.07) is 0.377. The minimum atomic E-state index is 0.242. The lowest BCUT2D eigenvalue weighted by Crippen LogP contribution is -2.31. The summed E-state index contributed by atoms with van der Waals surface area (Å²) in [5.41, 5.74) is 0. The Morgan fingerprint density at radius 1 is 1.67 bits per heavy atom. The Morgan fingerprint density at radius 2 is 2.42 bits per heavy atom. The number of halogens is 1. The van der Waals surface area contributed by atoms with Crippen LogP contribution >= 0.6 is 15.9 Å². The first-order valence-corrected chi connectivity index (χ1v) is 5.19. The number of alkyl halides is 1. The van der Waals surface area contributed by atoms with E-state index in [4.69, 9.17) is 0 Å². The molecule has 1 unspecified atom stereocenters. The lowest BCUT2D eigenvalue weighted by molar-refractivity contribution is -0.128. The summed E-state index contributed by atoms with van der Waals surface area (Å²) in [6.45, 7) is 2.66. The van der Waals surface area contributed by atoms with E-state index < -0.39 is 0 Å². The standard InChI is InChI=1S/C9H12BrNO/c1-8-4-5-9(12)11(8)7-3-2-6-10/h8H,4-7H2,1H3. The van der Waals surface area contributed by atoms with Crippen LogP contribution in [-0.2, 0) is 4.79 Å². The highest BCUT2D eigenvalue weighted by Crippen LogP contribution is 2.16. The monoisotopic (exact) mass is 229 g/mol. The molecule has 0 saturated carbocycles. The topological polar surface area (TPSA) is 20.3 Å². The smallest absolute Gasteiger partial charge is 0.223 e. The van der Waals surface area contributed by atoms with Crippen LogP contribution in [0.25, 0.3) is 0 Å². The van der Waals surface area contributed by atoms with Crippen LogP contribution in [-0.4, -0.2) is 28.7 Å². The molecule has 1 amide bonds. The maximum absolute atomic E-state index is 11.2. The number of amides is 1.